The highest BCUT2D eigenvalue weighted by molar-refractivity contribution is 6.31. The fourth-order valence-electron chi connectivity index (χ4n) is 1.93. The van der Waals surface area contributed by atoms with Crippen molar-refractivity contribution in [3.05, 3.63) is 53.1 Å². The quantitative estimate of drug-likeness (QED) is 0.811. The Hall–Kier alpha value is -1.39. The number of likely N-dealkylation sites (N-methyl/N-ethyl adjacent to an activating group) is 1. The first-order valence-corrected chi connectivity index (χ1v) is 6.70. The van der Waals surface area contributed by atoms with Crippen LogP contribution in [0.2, 0.25) is 5.02 Å². The Morgan fingerprint density at radius 1 is 1.42 bits per heavy atom. The van der Waals surface area contributed by atoms with Gasteiger partial charge in [0.2, 0.25) is 0 Å². The highest BCUT2D eigenvalue weighted by atomic mass is 35.5. The Labute approximate surface area is 117 Å². The zero-order chi connectivity index (χ0) is 13.7. The Morgan fingerprint density at radius 3 is 2.95 bits per heavy atom. The van der Waals surface area contributed by atoms with Crippen molar-refractivity contribution in [2.24, 2.45) is 0 Å². The summed E-state index contributed by atoms with van der Waals surface area (Å²) in [5.74, 6) is -0.248. The molecule has 0 radical (unpaired) electrons. The van der Waals surface area contributed by atoms with E-state index in [-0.39, 0.29) is 5.82 Å². The van der Waals surface area contributed by atoms with Crippen molar-refractivity contribution in [3.8, 4) is 0 Å². The number of nitrogens with zero attached hydrogens (tertiary/aromatic N) is 3. The molecule has 102 valence electrons. The molecule has 2 aromatic rings. The highest BCUT2D eigenvalue weighted by Crippen LogP contribution is 2.18. The van der Waals surface area contributed by atoms with Crippen LogP contribution in [-0.2, 0) is 13.1 Å². The molecule has 0 N–H and O–H groups in total. The molecule has 1 aromatic carbocycles. The molecule has 19 heavy (non-hydrogen) atoms. The van der Waals surface area contributed by atoms with E-state index in [1.165, 1.54) is 12.1 Å². The topological polar surface area (TPSA) is 21.1 Å². The molecule has 0 saturated carbocycles. The van der Waals surface area contributed by atoms with Gasteiger partial charge in [-0.2, -0.15) is 5.10 Å². The molecule has 0 atom stereocenters. The van der Waals surface area contributed by atoms with Crippen LogP contribution in [0.3, 0.4) is 0 Å². The number of hydrogen-bond donors (Lipinski definition) is 0. The van der Waals surface area contributed by atoms with Gasteiger partial charge in [-0.15, -0.1) is 0 Å². The molecule has 0 spiro atoms. The summed E-state index contributed by atoms with van der Waals surface area (Å²) >= 11 is 6.09. The third kappa shape index (κ3) is 4.04. The van der Waals surface area contributed by atoms with Crippen molar-refractivity contribution < 1.29 is 4.39 Å². The van der Waals surface area contributed by atoms with Gasteiger partial charge in [0.1, 0.15) is 5.82 Å². The lowest BCUT2D eigenvalue weighted by molar-refractivity contribution is 0.263. The van der Waals surface area contributed by atoms with Gasteiger partial charge in [0.05, 0.1) is 6.54 Å². The Balaban J connectivity index is 1.96. The van der Waals surface area contributed by atoms with Gasteiger partial charge in [-0.05, 0) is 36.4 Å². The van der Waals surface area contributed by atoms with Gasteiger partial charge >= 0.3 is 0 Å². The van der Waals surface area contributed by atoms with Gasteiger partial charge < -0.3 is 0 Å². The second-order valence-corrected chi connectivity index (χ2v) is 4.78. The van der Waals surface area contributed by atoms with E-state index in [1.54, 1.807) is 12.3 Å². The highest BCUT2D eigenvalue weighted by Gasteiger charge is 2.08. The van der Waals surface area contributed by atoms with E-state index in [0.29, 0.717) is 11.6 Å². The predicted molar refractivity (Wildman–Crippen MR) is 74.6 cm³/mol. The van der Waals surface area contributed by atoms with Crippen molar-refractivity contribution in [1.82, 2.24) is 14.7 Å². The van der Waals surface area contributed by atoms with Crippen molar-refractivity contribution in [3.63, 3.8) is 0 Å². The van der Waals surface area contributed by atoms with Crippen molar-refractivity contribution in [2.75, 3.05) is 13.1 Å². The lowest BCUT2D eigenvalue weighted by atomic mass is 10.2. The van der Waals surface area contributed by atoms with Crippen LogP contribution in [0, 0.1) is 5.82 Å². The first kappa shape index (κ1) is 14.0. The van der Waals surface area contributed by atoms with Gasteiger partial charge in [-0.25, -0.2) is 4.39 Å². The summed E-state index contributed by atoms with van der Waals surface area (Å²) in [6.07, 6.45) is 3.70. The molecule has 5 heteroatoms. The maximum atomic E-state index is 13.2. The summed E-state index contributed by atoms with van der Waals surface area (Å²) in [7, 11) is 0. The lowest BCUT2D eigenvalue weighted by Gasteiger charge is -2.21. The summed E-state index contributed by atoms with van der Waals surface area (Å²) in [5, 5.41) is 4.78. The largest absolute Gasteiger partial charge is 0.297 e. The van der Waals surface area contributed by atoms with E-state index in [1.807, 2.05) is 16.9 Å². The summed E-state index contributed by atoms with van der Waals surface area (Å²) in [6, 6.07) is 6.39. The van der Waals surface area contributed by atoms with Crippen LogP contribution in [-0.4, -0.2) is 27.8 Å². The molecule has 0 saturated heterocycles. The van der Waals surface area contributed by atoms with Crippen LogP contribution >= 0.6 is 11.6 Å². The Bertz CT molecular complexity index is 513. The van der Waals surface area contributed by atoms with Crippen LogP contribution < -0.4 is 0 Å². The molecule has 1 heterocycles. The molecule has 2 rings (SSSR count). The SMILES string of the molecule is CCN(CCn1cccn1)Cc1cc(F)ccc1Cl. The Kier molecular flexibility index (Phi) is 4.93. The van der Waals surface area contributed by atoms with Crippen molar-refractivity contribution in [2.45, 2.75) is 20.0 Å². The average molecular weight is 282 g/mol. The van der Waals surface area contributed by atoms with Gasteiger partial charge in [0, 0.05) is 30.5 Å². The fraction of sp³-hybridized carbons (Fsp3) is 0.357. The minimum atomic E-state index is -0.248. The summed E-state index contributed by atoms with van der Waals surface area (Å²) in [6.45, 7) is 5.28. The number of benzene rings is 1. The van der Waals surface area contributed by atoms with Crippen LogP contribution in [0.15, 0.2) is 36.7 Å². The van der Waals surface area contributed by atoms with Gasteiger partial charge in [-0.3, -0.25) is 9.58 Å². The number of aromatic nitrogens is 2. The average Bonchev–Trinajstić information content (AvgIpc) is 2.91. The van der Waals surface area contributed by atoms with E-state index in [2.05, 4.69) is 16.9 Å². The van der Waals surface area contributed by atoms with Gasteiger partial charge in [0.15, 0.2) is 0 Å². The maximum absolute atomic E-state index is 13.2. The minimum absolute atomic E-state index is 0.248. The van der Waals surface area contributed by atoms with Gasteiger partial charge in [0.25, 0.3) is 0 Å². The normalized spacial score (nSPS) is 11.2. The predicted octanol–water partition coefficient (Wildman–Crippen LogP) is 3.20. The summed E-state index contributed by atoms with van der Waals surface area (Å²) in [4.78, 5) is 2.21. The van der Waals surface area contributed by atoms with Crippen molar-refractivity contribution >= 4 is 11.6 Å². The minimum Gasteiger partial charge on any atom is -0.297 e. The van der Waals surface area contributed by atoms with E-state index >= 15 is 0 Å². The monoisotopic (exact) mass is 281 g/mol. The molecule has 0 aliphatic heterocycles. The lowest BCUT2D eigenvalue weighted by Crippen LogP contribution is -2.27. The molecule has 0 fully saturated rings. The number of rotatable bonds is 6. The third-order valence-corrected chi connectivity index (χ3v) is 3.42. The van der Waals surface area contributed by atoms with Crippen LogP contribution in [0.25, 0.3) is 0 Å². The molecule has 0 unspecified atom stereocenters. The molecule has 0 aliphatic carbocycles. The maximum Gasteiger partial charge on any atom is 0.123 e. The second kappa shape index (κ2) is 6.68. The van der Waals surface area contributed by atoms with E-state index < -0.39 is 0 Å². The Morgan fingerprint density at radius 2 is 2.26 bits per heavy atom. The molecule has 3 nitrogen and oxygen atoms in total. The molecular weight excluding hydrogens is 265 g/mol. The zero-order valence-corrected chi connectivity index (χ0v) is 11.6. The second-order valence-electron chi connectivity index (χ2n) is 4.37. The first-order valence-electron chi connectivity index (χ1n) is 6.32. The molecule has 0 bridgehead atoms. The van der Waals surface area contributed by atoms with Crippen LogP contribution in [0.5, 0.6) is 0 Å². The standard InChI is InChI=1S/C14H17ClFN3/c1-2-18(8-9-19-7-3-6-17-19)11-12-10-13(16)4-5-14(12)15/h3-7,10H,2,8-9,11H2,1H3. The van der Waals surface area contributed by atoms with E-state index in [4.69, 9.17) is 11.6 Å². The van der Waals surface area contributed by atoms with Gasteiger partial charge in [-0.1, -0.05) is 18.5 Å². The summed E-state index contributed by atoms with van der Waals surface area (Å²) in [5.41, 5.74) is 0.823. The molecule has 0 aliphatic rings. The van der Waals surface area contributed by atoms with Crippen LogP contribution in [0.4, 0.5) is 4.39 Å². The zero-order valence-electron chi connectivity index (χ0n) is 10.9. The first-order chi connectivity index (χ1) is 9.19. The van der Waals surface area contributed by atoms with E-state index in [0.717, 1.165) is 25.2 Å². The number of halogens is 2. The smallest absolute Gasteiger partial charge is 0.123 e. The van der Waals surface area contributed by atoms with E-state index in [9.17, 15) is 4.39 Å². The molecule has 1 aromatic heterocycles. The molecular formula is C14H17ClFN3. The van der Waals surface area contributed by atoms with Crippen molar-refractivity contribution in [1.29, 1.82) is 0 Å². The third-order valence-electron chi connectivity index (χ3n) is 3.05. The van der Waals surface area contributed by atoms with Crippen LogP contribution in [0.1, 0.15) is 12.5 Å². The number of hydrogen-bond acceptors (Lipinski definition) is 2. The summed E-state index contributed by atoms with van der Waals surface area (Å²) < 4.78 is 15.1. The fourth-order valence-corrected chi connectivity index (χ4v) is 2.11. The molecule has 0 amide bonds.